The molecule has 1 saturated carbocycles. The van der Waals surface area contributed by atoms with Gasteiger partial charge in [0.05, 0.1) is 23.3 Å². The second kappa shape index (κ2) is 13.4. The van der Waals surface area contributed by atoms with Crippen LogP contribution in [0, 0.1) is 23.2 Å². The highest BCUT2D eigenvalue weighted by Gasteiger charge is 2.81. The number of esters is 6. The topological polar surface area (TPSA) is 191 Å². The van der Waals surface area contributed by atoms with Crippen LogP contribution in [-0.2, 0) is 61.9 Å². The molecule has 0 aromatic rings. The fourth-order valence-electron chi connectivity index (χ4n) is 7.51. The zero-order valence-electron chi connectivity index (χ0n) is 28.2. The van der Waals surface area contributed by atoms with Crippen molar-refractivity contribution < 1.29 is 67.0 Å². The van der Waals surface area contributed by atoms with Crippen molar-refractivity contribution in [1.29, 1.82) is 0 Å². The van der Waals surface area contributed by atoms with Gasteiger partial charge in [-0.15, -0.1) is 11.6 Å². The molecule has 0 unspecified atom stereocenters. The Kier molecular flexibility index (Phi) is 10.4. The first-order valence-corrected chi connectivity index (χ1v) is 16.1. The number of halogens is 1. The van der Waals surface area contributed by atoms with E-state index in [-0.39, 0.29) is 24.5 Å². The SMILES string of the molecule is C=C1/C=C\[C@H](OC(C)=O)[C@@]2(C)[C@@H](OC(C)=O)[C@@H](OC(=O)CC(C)C)[C@@H](OC(C)=O)[C@]3(CO3)[C@@H]2[C@H](OC(C)=O)[C@]2(O)[C@@H](C)C(=O)O[C@H]2[C@H]1Cl. The van der Waals surface area contributed by atoms with Crippen LogP contribution in [0.15, 0.2) is 24.3 Å². The Balaban J connectivity index is 2.15. The first-order chi connectivity index (χ1) is 22.2. The Bertz CT molecular complexity index is 1400. The normalized spacial score (nSPS) is 40.9. The van der Waals surface area contributed by atoms with E-state index >= 15 is 0 Å². The summed E-state index contributed by atoms with van der Waals surface area (Å²) in [6, 6.07) is 0. The molecule has 15 heteroatoms. The smallest absolute Gasteiger partial charge is 0.312 e. The summed E-state index contributed by atoms with van der Waals surface area (Å²) < 4.78 is 41.3. The second-order valence-corrected chi connectivity index (χ2v) is 14.0. The summed E-state index contributed by atoms with van der Waals surface area (Å²) in [6.07, 6.45) is -6.71. The molecule has 2 saturated heterocycles. The summed E-state index contributed by atoms with van der Waals surface area (Å²) >= 11 is 6.80. The van der Waals surface area contributed by atoms with E-state index in [1.807, 2.05) is 0 Å². The summed E-state index contributed by atoms with van der Waals surface area (Å²) in [6.45, 7) is 14.6. The number of rotatable bonds is 7. The number of carbonyl (C=O) groups is 6. The van der Waals surface area contributed by atoms with Crippen molar-refractivity contribution in [2.24, 2.45) is 23.2 Å². The lowest BCUT2D eigenvalue weighted by atomic mass is 9.51. The largest absolute Gasteiger partial charge is 0.459 e. The van der Waals surface area contributed by atoms with Gasteiger partial charge in [0.15, 0.2) is 30.0 Å². The van der Waals surface area contributed by atoms with Crippen molar-refractivity contribution in [3.63, 3.8) is 0 Å². The zero-order chi connectivity index (χ0) is 36.1. The number of epoxide rings is 1. The Morgan fingerprint density at radius 1 is 0.958 bits per heavy atom. The van der Waals surface area contributed by atoms with Crippen molar-refractivity contribution in [3.8, 4) is 0 Å². The first kappa shape index (κ1) is 37.3. The molecule has 0 amide bonds. The number of fused-ring (bicyclic) bond motifs is 3. The molecule has 2 heterocycles. The molecule has 2 aliphatic carbocycles. The summed E-state index contributed by atoms with van der Waals surface area (Å²) in [5.74, 6) is -7.94. The maximum atomic E-state index is 13.3. The van der Waals surface area contributed by atoms with Crippen LogP contribution in [0.25, 0.3) is 0 Å². The zero-order valence-corrected chi connectivity index (χ0v) is 28.9. The third-order valence-corrected chi connectivity index (χ3v) is 10.1. The third kappa shape index (κ3) is 6.46. The number of ether oxygens (including phenoxy) is 7. The Morgan fingerprint density at radius 3 is 1.98 bits per heavy atom. The highest BCUT2D eigenvalue weighted by molar-refractivity contribution is 6.23. The van der Waals surface area contributed by atoms with E-state index < -0.39 is 106 Å². The van der Waals surface area contributed by atoms with Crippen LogP contribution in [0.1, 0.15) is 61.8 Å². The molecule has 4 aliphatic rings. The van der Waals surface area contributed by atoms with E-state index in [1.165, 1.54) is 26.0 Å². The average molecular weight is 699 g/mol. The van der Waals surface area contributed by atoms with E-state index in [0.717, 1.165) is 27.7 Å². The summed E-state index contributed by atoms with van der Waals surface area (Å²) in [5.41, 5.74) is -5.87. The molecule has 266 valence electrons. The van der Waals surface area contributed by atoms with Crippen LogP contribution < -0.4 is 0 Å². The lowest BCUT2D eigenvalue weighted by molar-refractivity contribution is -0.280. The van der Waals surface area contributed by atoms with Crippen LogP contribution in [0.5, 0.6) is 0 Å². The van der Waals surface area contributed by atoms with Gasteiger partial charge in [-0.1, -0.05) is 33.4 Å². The molecular weight excluding hydrogens is 656 g/mol. The van der Waals surface area contributed by atoms with Gasteiger partial charge < -0.3 is 38.3 Å². The van der Waals surface area contributed by atoms with Gasteiger partial charge in [0, 0.05) is 40.0 Å². The Morgan fingerprint density at radius 2 is 1.48 bits per heavy atom. The number of aliphatic hydroxyl groups is 1. The third-order valence-electron chi connectivity index (χ3n) is 9.60. The second-order valence-electron chi connectivity index (χ2n) is 13.6. The highest BCUT2D eigenvalue weighted by atomic mass is 35.5. The molecule has 0 radical (unpaired) electrons. The quantitative estimate of drug-likeness (QED) is 0.176. The summed E-state index contributed by atoms with van der Waals surface area (Å²) in [4.78, 5) is 77.7. The number of carbonyl (C=O) groups excluding carboxylic acids is 6. The van der Waals surface area contributed by atoms with E-state index in [0.29, 0.717) is 0 Å². The van der Waals surface area contributed by atoms with Gasteiger partial charge in [-0.05, 0) is 24.5 Å². The van der Waals surface area contributed by atoms with Crippen molar-refractivity contribution in [2.75, 3.05) is 6.61 Å². The van der Waals surface area contributed by atoms with Crippen molar-refractivity contribution in [2.45, 2.75) is 115 Å². The maximum absolute atomic E-state index is 13.3. The van der Waals surface area contributed by atoms with Gasteiger partial charge in [0.2, 0.25) is 0 Å². The Labute approximate surface area is 283 Å². The van der Waals surface area contributed by atoms with Gasteiger partial charge in [0.1, 0.15) is 17.8 Å². The molecule has 3 fully saturated rings. The maximum Gasteiger partial charge on any atom is 0.312 e. The number of allylic oxidation sites excluding steroid dienone is 1. The van der Waals surface area contributed by atoms with E-state index in [4.69, 9.17) is 44.8 Å². The van der Waals surface area contributed by atoms with Crippen molar-refractivity contribution in [3.05, 3.63) is 24.3 Å². The van der Waals surface area contributed by atoms with Gasteiger partial charge in [-0.25, -0.2) is 0 Å². The first-order valence-electron chi connectivity index (χ1n) is 15.7. The lowest BCUT2D eigenvalue weighted by Crippen LogP contribution is -2.76. The molecule has 12 atom stereocenters. The Hall–Kier alpha value is -3.49. The van der Waals surface area contributed by atoms with E-state index in [2.05, 4.69) is 6.58 Å². The highest BCUT2D eigenvalue weighted by Crippen LogP contribution is 2.63. The standard InChI is InChI=1S/C33H43ClO14/c1-14(2)12-22(39)47-24-27(44-18(6)36)31(9)21(43-17(5)35)11-10-15(3)23(34)26-33(41,16(4)30(40)48-26)29(46-20(8)38)25(31)32(13-42-32)28(24)45-19(7)37/h10-11,14,16,21,23-29,41H,3,12-13H2,1-2,4-9H3/b11-10-/t16-,21-,23-,24+,25+,26-,27-,28+,29-,31+,32-,33-/m0/s1. The van der Waals surface area contributed by atoms with Crippen LogP contribution in [0.3, 0.4) is 0 Å². The molecule has 4 rings (SSSR count). The summed E-state index contributed by atoms with van der Waals surface area (Å²) in [7, 11) is 0. The van der Waals surface area contributed by atoms with E-state index in [9.17, 15) is 33.9 Å². The van der Waals surface area contributed by atoms with Crippen LogP contribution in [-0.4, -0.2) is 101 Å². The predicted molar refractivity (Wildman–Crippen MR) is 164 cm³/mol. The van der Waals surface area contributed by atoms with Gasteiger partial charge in [0.25, 0.3) is 0 Å². The molecular formula is C33H43ClO14. The molecule has 0 aromatic heterocycles. The van der Waals surface area contributed by atoms with Crippen LogP contribution in [0.2, 0.25) is 0 Å². The van der Waals surface area contributed by atoms with E-state index in [1.54, 1.807) is 13.8 Å². The number of hydrogen-bond donors (Lipinski definition) is 1. The summed E-state index contributed by atoms with van der Waals surface area (Å²) in [5, 5.41) is 11.5. The molecule has 48 heavy (non-hydrogen) atoms. The van der Waals surface area contributed by atoms with Gasteiger partial charge in [-0.2, -0.15) is 0 Å². The fourth-order valence-corrected chi connectivity index (χ4v) is 7.84. The van der Waals surface area contributed by atoms with Crippen molar-refractivity contribution >= 4 is 47.4 Å². The van der Waals surface area contributed by atoms with Crippen molar-refractivity contribution in [1.82, 2.24) is 0 Å². The minimum absolute atomic E-state index is 0.0667. The fraction of sp³-hybridized carbons (Fsp3) is 0.697. The number of hydrogen-bond acceptors (Lipinski definition) is 14. The monoisotopic (exact) mass is 698 g/mol. The van der Waals surface area contributed by atoms with Crippen LogP contribution in [0.4, 0.5) is 0 Å². The van der Waals surface area contributed by atoms with Gasteiger partial charge >= 0.3 is 35.8 Å². The molecule has 1 spiro atoms. The molecule has 2 aliphatic heterocycles. The molecule has 14 nitrogen and oxygen atoms in total. The predicted octanol–water partition coefficient (Wildman–Crippen LogP) is 2.10. The molecule has 0 aromatic carbocycles. The minimum atomic E-state index is -2.42. The molecule has 1 N–H and O–H groups in total. The minimum Gasteiger partial charge on any atom is -0.459 e. The number of alkyl halides is 1. The van der Waals surface area contributed by atoms with Gasteiger partial charge in [-0.3, -0.25) is 28.8 Å². The van der Waals surface area contributed by atoms with Crippen LogP contribution >= 0.6 is 11.6 Å². The average Bonchev–Trinajstić information content (AvgIpc) is 3.71. The lowest BCUT2D eigenvalue weighted by Gasteiger charge is -2.59. The molecule has 0 bridgehead atoms.